The molecule has 1 unspecified atom stereocenters. The van der Waals surface area contributed by atoms with E-state index in [-0.39, 0.29) is 5.82 Å². The van der Waals surface area contributed by atoms with Gasteiger partial charge in [0.15, 0.2) is 5.16 Å². The van der Waals surface area contributed by atoms with E-state index in [0.717, 1.165) is 5.16 Å². The number of rotatable bonds is 4. The summed E-state index contributed by atoms with van der Waals surface area (Å²) in [7, 11) is 1.89. The molecule has 0 aliphatic carbocycles. The molecule has 0 spiro atoms. The Morgan fingerprint density at radius 2 is 2.35 bits per heavy atom. The van der Waals surface area contributed by atoms with Crippen LogP contribution in [0.2, 0.25) is 0 Å². The molecule has 0 saturated carbocycles. The maximum Gasteiger partial charge on any atom is 0.167 e. The first-order valence-corrected chi connectivity index (χ1v) is 6.19. The van der Waals surface area contributed by atoms with Crippen molar-refractivity contribution in [3.63, 3.8) is 0 Å². The SMILES string of the molecule is Cn1ccnc1SCC(O)c1cccc(F)c1. The molecule has 0 fully saturated rings. The Hall–Kier alpha value is -1.33. The fourth-order valence-corrected chi connectivity index (χ4v) is 2.35. The summed E-state index contributed by atoms with van der Waals surface area (Å²) in [6.45, 7) is 0. The fourth-order valence-electron chi connectivity index (χ4n) is 1.45. The van der Waals surface area contributed by atoms with Crippen LogP contribution in [0.5, 0.6) is 0 Å². The van der Waals surface area contributed by atoms with E-state index in [9.17, 15) is 9.50 Å². The number of halogens is 1. The van der Waals surface area contributed by atoms with Crippen molar-refractivity contribution in [1.82, 2.24) is 9.55 Å². The van der Waals surface area contributed by atoms with Gasteiger partial charge in [-0.1, -0.05) is 23.9 Å². The highest BCUT2D eigenvalue weighted by molar-refractivity contribution is 7.99. The van der Waals surface area contributed by atoms with E-state index in [4.69, 9.17) is 0 Å². The van der Waals surface area contributed by atoms with Gasteiger partial charge in [-0.25, -0.2) is 9.37 Å². The van der Waals surface area contributed by atoms with E-state index in [0.29, 0.717) is 11.3 Å². The van der Waals surface area contributed by atoms with Gasteiger partial charge in [-0.2, -0.15) is 0 Å². The number of benzene rings is 1. The molecule has 1 atom stereocenters. The van der Waals surface area contributed by atoms with Gasteiger partial charge < -0.3 is 9.67 Å². The molecule has 1 heterocycles. The van der Waals surface area contributed by atoms with Crippen molar-refractivity contribution in [2.75, 3.05) is 5.75 Å². The van der Waals surface area contributed by atoms with Gasteiger partial charge in [-0.05, 0) is 17.7 Å². The Morgan fingerprint density at radius 3 is 3.00 bits per heavy atom. The number of aryl methyl sites for hydroxylation is 1. The van der Waals surface area contributed by atoms with Crippen LogP contribution >= 0.6 is 11.8 Å². The summed E-state index contributed by atoms with van der Waals surface area (Å²) < 4.78 is 14.8. The number of hydrogen-bond acceptors (Lipinski definition) is 3. The third kappa shape index (κ3) is 3.08. The zero-order chi connectivity index (χ0) is 12.3. The highest BCUT2D eigenvalue weighted by Crippen LogP contribution is 2.23. The minimum absolute atomic E-state index is 0.330. The van der Waals surface area contributed by atoms with Gasteiger partial charge in [0.25, 0.3) is 0 Å². The maximum atomic E-state index is 13.0. The summed E-state index contributed by atoms with van der Waals surface area (Å²) >= 11 is 1.44. The normalized spacial score (nSPS) is 12.6. The average Bonchev–Trinajstić information content (AvgIpc) is 2.72. The molecule has 0 amide bonds. The Bertz CT molecular complexity index is 501. The van der Waals surface area contributed by atoms with Crippen molar-refractivity contribution in [3.8, 4) is 0 Å². The number of thioether (sulfide) groups is 1. The second kappa shape index (κ2) is 5.33. The fraction of sp³-hybridized carbons (Fsp3) is 0.250. The summed E-state index contributed by atoms with van der Waals surface area (Å²) in [4.78, 5) is 4.14. The van der Waals surface area contributed by atoms with Crippen molar-refractivity contribution in [1.29, 1.82) is 0 Å². The number of imidazole rings is 1. The van der Waals surface area contributed by atoms with E-state index < -0.39 is 6.10 Å². The standard InChI is InChI=1S/C12H13FN2OS/c1-15-6-5-14-12(15)17-8-11(16)9-3-2-4-10(13)7-9/h2-7,11,16H,8H2,1H3. The third-order valence-electron chi connectivity index (χ3n) is 2.38. The van der Waals surface area contributed by atoms with Gasteiger partial charge in [0, 0.05) is 25.2 Å². The molecule has 1 aromatic heterocycles. The van der Waals surface area contributed by atoms with Crippen LogP contribution in [0.3, 0.4) is 0 Å². The van der Waals surface area contributed by atoms with E-state index in [1.807, 2.05) is 17.8 Å². The summed E-state index contributed by atoms with van der Waals surface area (Å²) in [5.41, 5.74) is 0.590. The zero-order valence-corrected chi connectivity index (χ0v) is 10.2. The molecule has 0 saturated heterocycles. The van der Waals surface area contributed by atoms with Crippen LogP contribution in [0.1, 0.15) is 11.7 Å². The first-order valence-electron chi connectivity index (χ1n) is 5.20. The first-order chi connectivity index (χ1) is 8.16. The van der Waals surface area contributed by atoms with Crippen molar-refractivity contribution in [2.24, 2.45) is 7.05 Å². The second-order valence-corrected chi connectivity index (χ2v) is 4.69. The number of aliphatic hydroxyl groups is 1. The van der Waals surface area contributed by atoms with Gasteiger partial charge in [0.05, 0.1) is 6.10 Å². The summed E-state index contributed by atoms with van der Waals surface area (Å²) in [5, 5.41) is 10.7. The minimum atomic E-state index is -0.688. The van der Waals surface area contributed by atoms with Crippen LogP contribution in [0.25, 0.3) is 0 Å². The first kappa shape index (κ1) is 12.1. The molecular formula is C12H13FN2OS. The van der Waals surface area contributed by atoms with Gasteiger partial charge in [0.1, 0.15) is 5.82 Å². The van der Waals surface area contributed by atoms with Crippen LogP contribution in [-0.4, -0.2) is 20.4 Å². The predicted molar refractivity (Wildman–Crippen MR) is 65.3 cm³/mol. The molecule has 2 aromatic rings. The van der Waals surface area contributed by atoms with Gasteiger partial charge in [-0.15, -0.1) is 0 Å². The largest absolute Gasteiger partial charge is 0.388 e. The van der Waals surface area contributed by atoms with E-state index in [1.54, 1.807) is 18.3 Å². The number of aromatic nitrogens is 2. The van der Waals surface area contributed by atoms with Crippen molar-refractivity contribution < 1.29 is 9.50 Å². The molecule has 3 nitrogen and oxygen atoms in total. The van der Waals surface area contributed by atoms with Gasteiger partial charge >= 0.3 is 0 Å². The molecule has 17 heavy (non-hydrogen) atoms. The molecule has 1 N–H and O–H groups in total. The molecule has 0 aliphatic rings. The number of nitrogens with zero attached hydrogens (tertiary/aromatic N) is 2. The highest BCUT2D eigenvalue weighted by atomic mass is 32.2. The van der Waals surface area contributed by atoms with Crippen LogP contribution in [-0.2, 0) is 7.05 Å². The Balaban J connectivity index is 1.98. The monoisotopic (exact) mass is 252 g/mol. The summed E-state index contributed by atoms with van der Waals surface area (Å²) in [6.07, 6.45) is 2.86. The summed E-state index contributed by atoms with van der Waals surface area (Å²) in [6, 6.07) is 6.03. The summed E-state index contributed by atoms with van der Waals surface area (Å²) in [5.74, 6) is 0.123. The molecule has 0 bridgehead atoms. The average molecular weight is 252 g/mol. The highest BCUT2D eigenvalue weighted by Gasteiger charge is 2.10. The lowest BCUT2D eigenvalue weighted by Crippen LogP contribution is -2.02. The van der Waals surface area contributed by atoms with Crippen molar-refractivity contribution in [3.05, 3.63) is 48.0 Å². The Kier molecular flexibility index (Phi) is 3.81. The van der Waals surface area contributed by atoms with E-state index >= 15 is 0 Å². The lowest BCUT2D eigenvalue weighted by Gasteiger charge is -2.10. The van der Waals surface area contributed by atoms with E-state index in [1.165, 1.54) is 23.9 Å². The van der Waals surface area contributed by atoms with E-state index in [2.05, 4.69) is 4.98 Å². The molecular weight excluding hydrogens is 239 g/mol. The lowest BCUT2D eigenvalue weighted by molar-refractivity contribution is 0.203. The maximum absolute atomic E-state index is 13.0. The lowest BCUT2D eigenvalue weighted by atomic mass is 10.1. The molecule has 0 aliphatic heterocycles. The molecule has 0 radical (unpaired) electrons. The minimum Gasteiger partial charge on any atom is -0.388 e. The van der Waals surface area contributed by atoms with Gasteiger partial charge in [0.2, 0.25) is 0 Å². The van der Waals surface area contributed by atoms with Crippen LogP contribution in [0.4, 0.5) is 4.39 Å². The van der Waals surface area contributed by atoms with Crippen LogP contribution in [0.15, 0.2) is 41.8 Å². The molecule has 2 rings (SSSR count). The topological polar surface area (TPSA) is 38.0 Å². The smallest absolute Gasteiger partial charge is 0.167 e. The Morgan fingerprint density at radius 1 is 1.53 bits per heavy atom. The van der Waals surface area contributed by atoms with Crippen molar-refractivity contribution in [2.45, 2.75) is 11.3 Å². The van der Waals surface area contributed by atoms with Gasteiger partial charge in [-0.3, -0.25) is 0 Å². The quantitative estimate of drug-likeness (QED) is 0.849. The number of aliphatic hydroxyl groups excluding tert-OH is 1. The second-order valence-electron chi connectivity index (χ2n) is 3.70. The predicted octanol–water partition coefficient (Wildman–Crippen LogP) is 2.38. The van der Waals surface area contributed by atoms with Crippen LogP contribution < -0.4 is 0 Å². The van der Waals surface area contributed by atoms with Crippen LogP contribution in [0, 0.1) is 5.82 Å². The van der Waals surface area contributed by atoms with Crippen molar-refractivity contribution >= 4 is 11.8 Å². The number of hydrogen-bond donors (Lipinski definition) is 1. The molecule has 90 valence electrons. The Labute approximate surface area is 103 Å². The molecule has 5 heteroatoms. The zero-order valence-electron chi connectivity index (χ0n) is 9.38. The molecule has 1 aromatic carbocycles. The third-order valence-corrected chi connectivity index (χ3v) is 3.51.